The first-order valence-electron chi connectivity index (χ1n) is 6.87. The fourth-order valence-corrected chi connectivity index (χ4v) is 2.51. The van der Waals surface area contributed by atoms with Gasteiger partial charge in [-0.15, -0.1) is 0 Å². The zero-order chi connectivity index (χ0) is 13.0. The van der Waals surface area contributed by atoms with E-state index in [9.17, 15) is 4.79 Å². The van der Waals surface area contributed by atoms with Crippen LogP contribution in [0.3, 0.4) is 0 Å². The zero-order valence-corrected chi connectivity index (χ0v) is 11.4. The quantitative estimate of drug-likeness (QED) is 0.853. The van der Waals surface area contributed by atoms with Crippen LogP contribution in [0.4, 0.5) is 0 Å². The molecule has 1 aromatic rings. The molecule has 0 saturated carbocycles. The summed E-state index contributed by atoms with van der Waals surface area (Å²) < 4.78 is 1.74. The Bertz CT molecular complexity index is 409. The first-order chi connectivity index (χ1) is 8.66. The van der Waals surface area contributed by atoms with E-state index in [-0.39, 0.29) is 5.69 Å². The smallest absolute Gasteiger partial charge is 0.313 e. The van der Waals surface area contributed by atoms with Crippen LogP contribution < -0.4 is 5.69 Å². The van der Waals surface area contributed by atoms with Crippen LogP contribution in [0, 0.1) is 0 Å². The second kappa shape index (κ2) is 6.20. The van der Waals surface area contributed by atoms with Crippen molar-refractivity contribution in [2.45, 2.75) is 32.9 Å². The maximum atomic E-state index is 11.4. The predicted octanol–water partition coefficient (Wildman–Crippen LogP) is 0.593. The van der Waals surface area contributed by atoms with Crippen LogP contribution in [-0.4, -0.2) is 58.1 Å². The van der Waals surface area contributed by atoms with Gasteiger partial charge in [0, 0.05) is 44.6 Å². The Kier molecular flexibility index (Phi) is 4.60. The van der Waals surface area contributed by atoms with Crippen molar-refractivity contribution in [3.63, 3.8) is 0 Å². The Morgan fingerprint density at radius 2 is 2.06 bits per heavy atom. The van der Waals surface area contributed by atoms with E-state index in [0.29, 0.717) is 6.04 Å². The molecule has 1 aliphatic heterocycles. The summed E-state index contributed by atoms with van der Waals surface area (Å²) in [7, 11) is 0. The summed E-state index contributed by atoms with van der Waals surface area (Å²) in [6.45, 7) is 10.8. The average molecular weight is 252 g/mol. The second-order valence-electron chi connectivity index (χ2n) is 5.28. The largest absolute Gasteiger partial charge is 0.325 e. The average Bonchev–Trinajstić information content (AvgIpc) is 2.62. The van der Waals surface area contributed by atoms with Crippen LogP contribution in [0.5, 0.6) is 0 Å². The monoisotopic (exact) mass is 252 g/mol. The highest BCUT2D eigenvalue weighted by Gasteiger charge is 2.16. The molecule has 1 N–H and O–H groups in total. The van der Waals surface area contributed by atoms with Gasteiger partial charge in [-0.25, -0.2) is 4.79 Å². The molecule has 0 unspecified atom stereocenters. The molecule has 2 heterocycles. The lowest BCUT2D eigenvalue weighted by molar-refractivity contribution is 0.218. The molecular weight excluding hydrogens is 228 g/mol. The van der Waals surface area contributed by atoms with Gasteiger partial charge in [-0.1, -0.05) is 0 Å². The molecule has 5 heteroatoms. The summed E-state index contributed by atoms with van der Waals surface area (Å²) in [4.78, 5) is 19.0. The third-order valence-electron chi connectivity index (χ3n) is 3.73. The maximum Gasteiger partial charge on any atom is 0.325 e. The van der Waals surface area contributed by atoms with Crippen molar-refractivity contribution in [2.24, 2.45) is 0 Å². The Morgan fingerprint density at radius 3 is 2.72 bits per heavy atom. The van der Waals surface area contributed by atoms with Crippen molar-refractivity contribution in [1.29, 1.82) is 0 Å². The normalized spacial score (nSPS) is 19.3. The second-order valence-corrected chi connectivity index (χ2v) is 5.28. The van der Waals surface area contributed by atoms with E-state index in [0.717, 1.165) is 32.7 Å². The minimum absolute atomic E-state index is 0.00590. The summed E-state index contributed by atoms with van der Waals surface area (Å²) >= 11 is 0. The van der Waals surface area contributed by atoms with Crippen molar-refractivity contribution in [2.75, 3.05) is 32.7 Å². The number of aromatic nitrogens is 2. The highest BCUT2D eigenvalue weighted by molar-refractivity contribution is 4.77. The van der Waals surface area contributed by atoms with E-state index in [1.54, 1.807) is 10.8 Å². The van der Waals surface area contributed by atoms with Gasteiger partial charge in [0.2, 0.25) is 0 Å². The standard InChI is InChI=1S/C13H24N4O/c1-12(2)16-6-3-5-15(8-10-16)9-11-17-7-4-14-13(17)18/h4,7,12H,3,5-6,8-11H2,1-2H3,(H,14,18). The number of hydrogen-bond acceptors (Lipinski definition) is 3. The van der Waals surface area contributed by atoms with E-state index in [1.807, 2.05) is 6.20 Å². The molecule has 1 fully saturated rings. The van der Waals surface area contributed by atoms with Gasteiger partial charge in [-0.2, -0.15) is 0 Å². The molecule has 1 aliphatic rings. The summed E-state index contributed by atoms with van der Waals surface area (Å²) in [6.07, 6.45) is 4.74. The Labute approximate surface area is 108 Å². The van der Waals surface area contributed by atoms with Crippen LogP contribution in [0.2, 0.25) is 0 Å². The summed E-state index contributed by atoms with van der Waals surface area (Å²) in [6, 6.07) is 0.636. The maximum absolute atomic E-state index is 11.4. The zero-order valence-electron chi connectivity index (χ0n) is 11.4. The van der Waals surface area contributed by atoms with Gasteiger partial charge >= 0.3 is 5.69 Å². The minimum atomic E-state index is -0.00590. The summed E-state index contributed by atoms with van der Waals surface area (Å²) in [5.41, 5.74) is -0.00590. The molecule has 0 bridgehead atoms. The number of imidazole rings is 1. The van der Waals surface area contributed by atoms with Gasteiger partial charge in [0.15, 0.2) is 0 Å². The van der Waals surface area contributed by atoms with Crippen molar-refractivity contribution >= 4 is 0 Å². The van der Waals surface area contributed by atoms with Gasteiger partial charge in [-0.05, 0) is 33.4 Å². The molecule has 0 spiro atoms. The van der Waals surface area contributed by atoms with Gasteiger partial charge < -0.3 is 9.88 Å². The third kappa shape index (κ3) is 3.46. The molecule has 102 valence electrons. The molecule has 0 aliphatic carbocycles. The topological polar surface area (TPSA) is 44.3 Å². The van der Waals surface area contributed by atoms with Gasteiger partial charge in [0.05, 0.1) is 0 Å². The van der Waals surface area contributed by atoms with E-state index < -0.39 is 0 Å². The Hall–Kier alpha value is -1.07. The Balaban J connectivity index is 1.80. The van der Waals surface area contributed by atoms with Gasteiger partial charge in [-0.3, -0.25) is 9.47 Å². The SMILES string of the molecule is CC(C)N1CCCN(CCn2cc[nH]c2=O)CC1. The molecule has 0 radical (unpaired) electrons. The summed E-state index contributed by atoms with van der Waals surface area (Å²) in [5, 5.41) is 0. The highest BCUT2D eigenvalue weighted by atomic mass is 16.1. The lowest BCUT2D eigenvalue weighted by Gasteiger charge is -2.24. The number of hydrogen-bond donors (Lipinski definition) is 1. The number of nitrogens with zero attached hydrogens (tertiary/aromatic N) is 3. The first kappa shape index (κ1) is 13.4. The molecule has 1 saturated heterocycles. The van der Waals surface area contributed by atoms with Crippen LogP contribution in [0.1, 0.15) is 20.3 Å². The molecule has 2 rings (SSSR count). The molecule has 5 nitrogen and oxygen atoms in total. The number of aromatic amines is 1. The lowest BCUT2D eigenvalue weighted by atomic mass is 10.3. The van der Waals surface area contributed by atoms with Crippen LogP contribution >= 0.6 is 0 Å². The van der Waals surface area contributed by atoms with Crippen molar-refractivity contribution in [1.82, 2.24) is 19.4 Å². The minimum Gasteiger partial charge on any atom is -0.313 e. The molecule has 0 amide bonds. The van der Waals surface area contributed by atoms with Crippen LogP contribution in [0.15, 0.2) is 17.2 Å². The Morgan fingerprint density at radius 1 is 1.22 bits per heavy atom. The van der Waals surface area contributed by atoms with Crippen molar-refractivity contribution in [3.05, 3.63) is 22.9 Å². The molecule has 0 atom stereocenters. The number of rotatable bonds is 4. The first-order valence-corrected chi connectivity index (χ1v) is 6.87. The molecular formula is C13H24N4O. The van der Waals surface area contributed by atoms with Gasteiger partial charge in [0.25, 0.3) is 0 Å². The molecule has 1 aromatic heterocycles. The van der Waals surface area contributed by atoms with Crippen molar-refractivity contribution < 1.29 is 0 Å². The third-order valence-corrected chi connectivity index (χ3v) is 3.73. The number of H-pyrrole nitrogens is 1. The summed E-state index contributed by atoms with van der Waals surface area (Å²) in [5.74, 6) is 0. The molecule has 0 aromatic carbocycles. The van der Waals surface area contributed by atoms with E-state index in [2.05, 4.69) is 28.6 Å². The van der Waals surface area contributed by atoms with Crippen LogP contribution in [0.25, 0.3) is 0 Å². The fourth-order valence-electron chi connectivity index (χ4n) is 2.51. The fraction of sp³-hybridized carbons (Fsp3) is 0.769. The highest BCUT2D eigenvalue weighted by Crippen LogP contribution is 2.06. The van der Waals surface area contributed by atoms with E-state index >= 15 is 0 Å². The van der Waals surface area contributed by atoms with Gasteiger partial charge in [0.1, 0.15) is 0 Å². The van der Waals surface area contributed by atoms with Crippen molar-refractivity contribution in [3.8, 4) is 0 Å². The van der Waals surface area contributed by atoms with E-state index in [4.69, 9.17) is 0 Å². The predicted molar refractivity (Wildman–Crippen MR) is 72.8 cm³/mol. The van der Waals surface area contributed by atoms with Crippen LogP contribution in [-0.2, 0) is 6.54 Å². The lowest BCUT2D eigenvalue weighted by Crippen LogP contribution is -2.36. The molecule has 18 heavy (non-hydrogen) atoms. The number of nitrogens with one attached hydrogen (secondary N) is 1. The van der Waals surface area contributed by atoms with E-state index in [1.165, 1.54) is 13.0 Å².